The van der Waals surface area contributed by atoms with Crippen molar-refractivity contribution in [2.75, 3.05) is 7.05 Å². The lowest BCUT2D eigenvalue weighted by molar-refractivity contribution is 0.0782. The van der Waals surface area contributed by atoms with Gasteiger partial charge in [0, 0.05) is 19.7 Å². The van der Waals surface area contributed by atoms with Gasteiger partial charge in [-0.15, -0.1) is 0 Å². The average Bonchev–Trinajstić information content (AvgIpc) is 3.28. The van der Waals surface area contributed by atoms with Crippen molar-refractivity contribution in [2.24, 2.45) is 7.05 Å². The van der Waals surface area contributed by atoms with Crippen LogP contribution in [0.5, 0.6) is 0 Å². The van der Waals surface area contributed by atoms with Gasteiger partial charge in [0.05, 0.1) is 40.4 Å². The molecule has 0 radical (unpaired) electrons. The summed E-state index contributed by atoms with van der Waals surface area (Å²) < 4.78 is 3.50. The Bertz CT molecular complexity index is 1160. The SMILES string of the molecule is Cc1c(C(=O)N(C)Cc2c(Cl)cnn2C)c(-c2ccccc2)nn1-c1ccccc1. The van der Waals surface area contributed by atoms with Crippen LogP contribution in [0.25, 0.3) is 16.9 Å². The smallest absolute Gasteiger partial charge is 0.258 e. The van der Waals surface area contributed by atoms with Gasteiger partial charge in [-0.3, -0.25) is 9.48 Å². The molecule has 0 bridgehead atoms. The fraction of sp³-hybridized carbons (Fsp3) is 0.174. The third kappa shape index (κ3) is 3.62. The fourth-order valence-corrected chi connectivity index (χ4v) is 3.70. The van der Waals surface area contributed by atoms with Crippen molar-refractivity contribution >= 4 is 17.5 Å². The first kappa shape index (κ1) is 19.9. The summed E-state index contributed by atoms with van der Waals surface area (Å²) in [6.45, 7) is 2.27. The minimum Gasteiger partial charge on any atom is -0.336 e. The maximum atomic E-state index is 13.6. The van der Waals surface area contributed by atoms with Crippen molar-refractivity contribution in [1.82, 2.24) is 24.5 Å². The summed E-state index contributed by atoms with van der Waals surface area (Å²) >= 11 is 6.24. The molecule has 2 aromatic carbocycles. The number of amides is 1. The summed E-state index contributed by atoms with van der Waals surface area (Å²) in [6, 6.07) is 19.6. The molecular formula is C23H22ClN5O. The van der Waals surface area contributed by atoms with E-state index in [1.54, 1.807) is 22.8 Å². The predicted octanol–water partition coefficient (Wildman–Crippen LogP) is 4.51. The minimum absolute atomic E-state index is 0.120. The third-order valence-corrected chi connectivity index (χ3v) is 5.44. The molecule has 0 aliphatic rings. The number of carbonyl (C=O) groups is 1. The summed E-state index contributed by atoms with van der Waals surface area (Å²) in [4.78, 5) is 15.2. The Kier molecular flexibility index (Phi) is 5.42. The monoisotopic (exact) mass is 419 g/mol. The van der Waals surface area contributed by atoms with Gasteiger partial charge >= 0.3 is 0 Å². The van der Waals surface area contributed by atoms with E-state index >= 15 is 0 Å². The van der Waals surface area contributed by atoms with Gasteiger partial charge in [-0.05, 0) is 19.1 Å². The van der Waals surface area contributed by atoms with E-state index in [0.717, 1.165) is 22.6 Å². The molecule has 0 aliphatic carbocycles. The predicted molar refractivity (Wildman–Crippen MR) is 118 cm³/mol. The number of benzene rings is 2. The van der Waals surface area contributed by atoms with Gasteiger partial charge in [-0.1, -0.05) is 60.1 Å². The van der Waals surface area contributed by atoms with Crippen LogP contribution in [0.4, 0.5) is 0 Å². The zero-order valence-corrected chi connectivity index (χ0v) is 17.8. The summed E-state index contributed by atoms with van der Waals surface area (Å²) in [5, 5.41) is 9.51. The molecule has 0 saturated heterocycles. The normalized spacial score (nSPS) is 10.9. The molecule has 1 amide bonds. The van der Waals surface area contributed by atoms with E-state index in [1.807, 2.05) is 79.3 Å². The van der Waals surface area contributed by atoms with Gasteiger partial charge in [-0.2, -0.15) is 10.2 Å². The first-order valence-electron chi connectivity index (χ1n) is 9.59. The Labute approximate surface area is 180 Å². The van der Waals surface area contributed by atoms with Crippen LogP contribution in [-0.2, 0) is 13.6 Å². The van der Waals surface area contributed by atoms with Crippen molar-refractivity contribution < 1.29 is 4.79 Å². The Morgan fingerprint density at radius 1 is 1.07 bits per heavy atom. The zero-order chi connectivity index (χ0) is 21.3. The first-order chi connectivity index (χ1) is 14.5. The zero-order valence-electron chi connectivity index (χ0n) is 17.1. The molecule has 0 unspecified atom stereocenters. The molecule has 0 fully saturated rings. The van der Waals surface area contributed by atoms with Gasteiger partial charge in [0.1, 0.15) is 5.69 Å². The summed E-state index contributed by atoms with van der Waals surface area (Å²) in [7, 11) is 3.58. The van der Waals surface area contributed by atoms with E-state index in [4.69, 9.17) is 16.7 Å². The molecule has 0 N–H and O–H groups in total. The van der Waals surface area contributed by atoms with Gasteiger partial charge in [-0.25, -0.2) is 4.68 Å². The number of halogens is 1. The Hall–Kier alpha value is -3.38. The molecule has 4 aromatic rings. The van der Waals surface area contributed by atoms with Crippen LogP contribution in [0.2, 0.25) is 5.02 Å². The molecule has 0 aliphatic heterocycles. The largest absolute Gasteiger partial charge is 0.336 e. The lowest BCUT2D eigenvalue weighted by Gasteiger charge is -2.18. The second kappa shape index (κ2) is 8.16. The molecule has 2 aromatic heterocycles. The second-order valence-electron chi connectivity index (χ2n) is 7.15. The molecule has 0 saturated carbocycles. The highest BCUT2D eigenvalue weighted by atomic mass is 35.5. The van der Waals surface area contributed by atoms with E-state index in [0.29, 0.717) is 22.8 Å². The van der Waals surface area contributed by atoms with Crippen LogP contribution in [0.1, 0.15) is 21.7 Å². The quantitative estimate of drug-likeness (QED) is 0.478. The molecule has 30 heavy (non-hydrogen) atoms. The summed E-state index contributed by atoms with van der Waals surface area (Å²) in [5.41, 5.74) is 4.60. The number of nitrogens with zero attached hydrogens (tertiary/aromatic N) is 5. The molecule has 0 atom stereocenters. The first-order valence-corrected chi connectivity index (χ1v) is 9.97. The number of aromatic nitrogens is 4. The summed E-state index contributed by atoms with van der Waals surface area (Å²) in [6.07, 6.45) is 1.59. The molecule has 152 valence electrons. The van der Waals surface area contributed by atoms with Crippen molar-refractivity contribution in [3.05, 3.63) is 88.8 Å². The fourth-order valence-electron chi connectivity index (χ4n) is 3.48. The van der Waals surface area contributed by atoms with E-state index in [2.05, 4.69) is 5.10 Å². The number of para-hydroxylation sites is 1. The summed E-state index contributed by atoms with van der Waals surface area (Å²) in [5.74, 6) is -0.120. The molecule has 7 heteroatoms. The van der Waals surface area contributed by atoms with Crippen molar-refractivity contribution in [3.63, 3.8) is 0 Å². The van der Waals surface area contributed by atoms with E-state index in [-0.39, 0.29) is 5.91 Å². The molecule has 0 spiro atoms. The van der Waals surface area contributed by atoms with Gasteiger partial charge < -0.3 is 4.90 Å². The Balaban J connectivity index is 1.79. The minimum atomic E-state index is -0.120. The van der Waals surface area contributed by atoms with Crippen LogP contribution < -0.4 is 0 Å². The third-order valence-electron chi connectivity index (χ3n) is 5.12. The second-order valence-corrected chi connectivity index (χ2v) is 7.55. The number of hydrogen-bond donors (Lipinski definition) is 0. The van der Waals surface area contributed by atoms with Crippen LogP contribution in [-0.4, -0.2) is 37.4 Å². The Morgan fingerprint density at radius 2 is 1.70 bits per heavy atom. The Morgan fingerprint density at radius 3 is 2.30 bits per heavy atom. The molecular weight excluding hydrogens is 398 g/mol. The van der Waals surface area contributed by atoms with Crippen LogP contribution in [0.15, 0.2) is 66.9 Å². The van der Waals surface area contributed by atoms with Crippen LogP contribution in [0, 0.1) is 6.92 Å². The van der Waals surface area contributed by atoms with E-state index < -0.39 is 0 Å². The lowest BCUT2D eigenvalue weighted by Crippen LogP contribution is -2.28. The molecule has 6 nitrogen and oxygen atoms in total. The van der Waals surface area contributed by atoms with Crippen LogP contribution >= 0.6 is 11.6 Å². The highest BCUT2D eigenvalue weighted by Gasteiger charge is 2.26. The number of carbonyl (C=O) groups excluding carboxylic acids is 1. The number of rotatable bonds is 5. The van der Waals surface area contributed by atoms with Crippen molar-refractivity contribution in [1.29, 1.82) is 0 Å². The van der Waals surface area contributed by atoms with Gasteiger partial charge in [0.2, 0.25) is 0 Å². The maximum absolute atomic E-state index is 13.6. The van der Waals surface area contributed by atoms with E-state index in [1.165, 1.54) is 0 Å². The molecule has 4 rings (SSSR count). The maximum Gasteiger partial charge on any atom is 0.258 e. The number of aryl methyl sites for hydroxylation is 1. The topological polar surface area (TPSA) is 56.0 Å². The lowest BCUT2D eigenvalue weighted by atomic mass is 10.0. The molecule has 2 heterocycles. The van der Waals surface area contributed by atoms with Crippen molar-refractivity contribution in [3.8, 4) is 16.9 Å². The van der Waals surface area contributed by atoms with Crippen LogP contribution in [0.3, 0.4) is 0 Å². The average molecular weight is 420 g/mol. The van der Waals surface area contributed by atoms with Crippen molar-refractivity contribution in [2.45, 2.75) is 13.5 Å². The van der Waals surface area contributed by atoms with Gasteiger partial charge in [0.15, 0.2) is 0 Å². The van der Waals surface area contributed by atoms with Gasteiger partial charge in [0.25, 0.3) is 5.91 Å². The highest BCUT2D eigenvalue weighted by molar-refractivity contribution is 6.31. The van der Waals surface area contributed by atoms with E-state index in [9.17, 15) is 4.79 Å². The highest BCUT2D eigenvalue weighted by Crippen LogP contribution is 2.29. The number of hydrogen-bond acceptors (Lipinski definition) is 3. The standard InChI is InChI=1S/C23H22ClN5O/c1-16-21(23(30)27(2)15-20-19(24)14-25-28(20)3)22(17-10-6-4-7-11-17)26-29(16)18-12-8-5-9-13-18/h4-14H,15H2,1-3H3.